The van der Waals surface area contributed by atoms with Crippen molar-refractivity contribution in [1.29, 1.82) is 0 Å². The molecule has 90 valence electrons. The van der Waals surface area contributed by atoms with Crippen LogP contribution in [0.5, 0.6) is 5.75 Å². The van der Waals surface area contributed by atoms with Crippen molar-refractivity contribution in [3.05, 3.63) is 28.8 Å². The maximum absolute atomic E-state index is 11.9. The number of alkyl halides is 3. The molecule has 0 aliphatic heterocycles. The number of hydrogen-bond acceptors (Lipinski definition) is 2. The van der Waals surface area contributed by atoms with Crippen molar-refractivity contribution in [1.82, 2.24) is 5.32 Å². The molecule has 2 nitrogen and oxygen atoms in total. The molecule has 0 aromatic heterocycles. The Labute approximate surface area is 96.4 Å². The summed E-state index contributed by atoms with van der Waals surface area (Å²) >= 11 is 5.86. The van der Waals surface area contributed by atoms with Gasteiger partial charge in [-0.1, -0.05) is 17.7 Å². The summed E-state index contributed by atoms with van der Waals surface area (Å²) in [6.07, 6.45) is -4.21. The van der Waals surface area contributed by atoms with E-state index in [2.05, 4.69) is 5.32 Å². The van der Waals surface area contributed by atoms with Gasteiger partial charge in [0.15, 0.2) is 0 Å². The van der Waals surface area contributed by atoms with Crippen molar-refractivity contribution < 1.29 is 17.9 Å². The van der Waals surface area contributed by atoms with Gasteiger partial charge in [0, 0.05) is 11.6 Å². The highest BCUT2D eigenvalue weighted by atomic mass is 35.5. The first-order valence-corrected chi connectivity index (χ1v) is 4.90. The minimum absolute atomic E-state index is 0.0718. The van der Waals surface area contributed by atoms with Crippen molar-refractivity contribution in [3.63, 3.8) is 0 Å². The second kappa shape index (κ2) is 5.41. The average molecular weight is 254 g/mol. The standard InChI is InChI=1S/C10H11ClF3NO/c1-16-8-3-2-7(9(11)4-8)5-15-6-10(12,13)14/h2-4,15H,5-6H2,1H3. The molecule has 1 N–H and O–H groups in total. The zero-order valence-corrected chi connectivity index (χ0v) is 9.32. The number of halogens is 4. The normalized spacial score (nSPS) is 11.6. The summed E-state index contributed by atoms with van der Waals surface area (Å²) in [6, 6.07) is 4.84. The fourth-order valence-electron chi connectivity index (χ4n) is 1.14. The van der Waals surface area contributed by atoms with Crippen LogP contribution in [0.25, 0.3) is 0 Å². The molecular weight excluding hydrogens is 243 g/mol. The Hall–Kier alpha value is -0.940. The van der Waals surface area contributed by atoms with E-state index in [1.165, 1.54) is 7.11 Å². The van der Waals surface area contributed by atoms with E-state index < -0.39 is 12.7 Å². The largest absolute Gasteiger partial charge is 0.497 e. The fourth-order valence-corrected chi connectivity index (χ4v) is 1.37. The van der Waals surface area contributed by atoms with Gasteiger partial charge in [0.25, 0.3) is 0 Å². The van der Waals surface area contributed by atoms with Crippen LogP contribution in [0, 0.1) is 0 Å². The van der Waals surface area contributed by atoms with Crippen LogP contribution in [0.2, 0.25) is 5.02 Å². The maximum atomic E-state index is 11.9. The van der Waals surface area contributed by atoms with Gasteiger partial charge in [0.1, 0.15) is 5.75 Å². The van der Waals surface area contributed by atoms with Gasteiger partial charge >= 0.3 is 6.18 Å². The van der Waals surface area contributed by atoms with E-state index in [4.69, 9.17) is 16.3 Å². The molecule has 1 aromatic carbocycles. The number of benzene rings is 1. The molecule has 0 amide bonds. The summed E-state index contributed by atoms with van der Waals surface area (Å²) in [5, 5.41) is 2.65. The van der Waals surface area contributed by atoms with E-state index in [0.29, 0.717) is 16.3 Å². The van der Waals surface area contributed by atoms with E-state index in [1.54, 1.807) is 18.2 Å². The Balaban J connectivity index is 2.55. The molecule has 0 heterocycles. The number of ether oxygens (including phenoxy) is 1. The molecule has 0 spiro atoms. The lowest BCUT2D eigenvalue weighted by Gasteiger charge is -2.10. The van der Waals surface area contributed by atoms with E-state index in [0.717, 1.165) is 0 Å². The third-order valence-electron chi connectivity index (χ3n) is 1.90. The maximum Gasteiger partial charge on any atom is 0.401 e. The summed E-state index contributed by atoms with van der Waals surface area (Å²) in [6.45, 7) is -0.961. The Morgan fingerprint density at radius 1 is 1.38 bits per heavy atom. The molecule has 1 aromatic rings. The average Bonchev–Trinajstić information content (AvgIpc) is 2.18. The quantitative estimate of drug-likeness (QED) is 0.891. The lowest BCUT2D eigenvalue weighted by atomic mass is 10.2. The SMILES string of the molecule is COc1ccc(CNCC(F)(F)F)c(Cl)c1. The topological polar surface area (TPSA) is 21.3 Å². The molecule has 0 aliphatic rings. The highest BCUT2D eigenvalue weighted by Crippen LogP contribution is 2.22. The molecule has 6 heteroatoms. The van der Waals surface area contributed by atoms with Crippen LogP contribution >= 0.6 is 11.6 Å². The van der Waals surface area contributed by atoms with Crippen LogP contribution in [0.15, 0.2) is 18.2 Å². The molecule has 0 fully saturated rings. The first-order valence-electron chi connectivity index (χ1n) is 4.52. The lowest BCUT2D eigenvalue weighted by molar-refractivity contribution is -0.125. The highest BCUT2D eigenvalue weighted by molar-refractivity contribution is 6.31. The Morgan fingerprint density at radius 3 is 2.56 bits per heavy atom. The fraction of sp³-hybridized carbons (Fsp3) is 0.400. The van der Waals surface area contributed by atoms with Crippen molar-refractivity contribution in [2.45, 2.75) is 12.7 Å². The number of methoxy groups -OCH3 is 1. The van der Waals surface area contributed by atoms with Gasteiger partial charge in [0.05, 0.1) is 13.7 Å². The van der Waals surface area contributed by atoms with E-state index >= 15 is 0 Å². The molecule has 0 saturated carbocycles. The highest BCUT2D eigenvalue weighted by Gasteiger charge is 2.26. The summed E-state index contributed by atoms with van der Waals surface area (Å²) in [7, 11) is 1.49. The third-order valence-corrected chi connectivity index (χ3v) is 2.25. The van der Waals surface area contributed by atoms with Crippen molar-refractivity contribution >= 4 is 11.6 Å². The summed E-state index contributed by atoms with van der Waals surface area (Å²) in [5.41, 5.74) is 0.603. The third kappa shape index (κ3) is 4.28. The van der Waals surface area contributed by atoms with Crippen LogP contribution in [0.3, 0.4) is 0 Å². The van der Waals surface area contributed by atoms with Gasteiger partial charge in [-0.25, -0.2) is 0 Å². The zero-order valence-electron chi connectivity index (χ0n) is 8.57. The van der Waals surface area contributed by atoms with Gasteiger partial charge < -0.3 is 10.1 Å². The van der Waals surface area contributed by atoms with Crippen molar-refractivity contribution in [3.8, 4) is 5.75 Å². The summed E-state index contributed by atoms with van der Waals surface area (Å²) in [4.78, 5) is 0. The second-order valence-corrected chi connectivity index (χ2v) is 3.58. The van der Waals surface area contributed by atoms with Gasteiger partial charge in [-0.3, -0.25) is 0 Å². The number of hydrogen-bond donors (Lipinski definition) is 1. The lowest BCUT2D eigenvalue weighted by Crippen LogP contribution is -2.28. The number of nitrogens with one attached hydrogen (secondary N) is 1. The zero-order chi connectivity index (χ0) is 12.2. The molecule has 0 atom stereocenters. The van der Waals surface area contributed by atoms with Crippen LogP contribution in [-0.2, 0) is 6.54 Å². The first kappa shape index (κ1) is 13.1. The molecule has 0 radical (unpaired) electrons. The van der Waals surface area contributed by atoms with Crippen LogP contribution in [0.4, 0.5) is 13.2 Å². The van der Waals surface area contributed by atoms with Crippen molar-refractivity contribution in [2.75, 3.05) is 13.7 Å². The summed E-state index contributed by atoms with van der Waals surface area (Å²) in [5.74, 6) is 0.574. The van der Waals surface area contributed by atoms with Crippen LogP contribution in [0.1, 0.15) is 5.56 Å². The predicted molar refractivity (Wildman–Crippen MR) is 55.8 cm³/mol. The molecule has 16 heavy (non-hydrogen) atoms. The molecule has 0 aliphatic carbocycles. The summed E-state index contributed by atoms with van der Waals surface area (Å²) < 4.78 is 40.5. The molecular formula is C10H11ClF3NO. The van der Waals surface area contributed by atoms with Gasteiger partial charge in [0.2, 0.25) is 0 Å². The van der Waals surface area contributed by atoms with Gasteiger partial charge in [-0.2, -0.15) is 13.2 Å². The van der Waals surface area contributed by atoms with E-state index in [9.17, 15) is 13.2 Å². The van der Waals surface area contributed by atoms with Crippen LogP contribution in [-0.4, -0.2) is 19.8 Å². The molecule has 0 unspecified atom stereocenters. The molecule has 0 saturated heterocycles. The van der Waals surface area contributed by atoms with E-state index in [-0.39, 0.29) is 6.54 Å². The molecule has 1 rings (SSSR count). The first-order chi connectivity index (χ1) is 7.42. The molecule has 0 bridgehead atoms. The van der Waals surface area contributed by atoms with Crippen LogP contribution < -0.4 is 10.1 Å². The van der Waals surface area contributed by atoms with Gasteiger partial charge in [-0.05, 0) is 17.7 Å². The minimum atomic E-state index is -4.21. The Bertz CT molecular complexity index is 354. The van der Waals surface area contributed by atoms with Crippen molar-refractivity contribution in [2.24, 2.45) is 0 Å². The number of rotatable bonds is 4. The monoisotopic (exact) mass is 253 g/mol. The van der Waals surface area contributed by atoms with Gasteiger partial charge in [-0.15, -0.1) is 0 Å². The second-order valence-electron chi connectivity index (χ2n) is 3.18. The minimum Gasteiger partial charge on any atom is -0.497 e. The Kier molecular flexibility index (Phi) is 4.44. The smallest absolute Gasteiger partial charge is 0.401 e. The Morgan fingerprint density at radius 2 is 2.06 bits per heavy atom. The predicted octanol–water partition coefficient (Wildman–Crippen LogP) is 3.00. The van der Waals surface area contributed by atoms with E-state index in [1.807, 2.05) is 0 Å².